The van der Waals surface area contributed by atoms with E-state index in [2.05, 4.69) is 41.4 Å². The monoisotopic (exact) mass is 531 g/mol. The second-order valence-corrected chi connectivity index (χ2v) is 9.82. The number of halogens is 1. The van der Waals surface area contributed by atoms with Gasteiger partial charge in [0.1, 0.15) is 17.1 Å². The first kappa shape index (κ1) is 25.7. The number of carbonyl (C=O) groups is 1. The smallest absolute Gasteiger partial charge is 0.273 e. The number of amides is 1. The number of fused-ring (bicyclic) bond motifs is 1. The third-order valence-electron chi connectivity index (χ3n) is 7.19. The second-order valence-electron chi connectivity index (χ2n) is 9.41. The number of hydrogen-bond acceptors (Lipinski definition) is 5. The van der Waals surface area contributed by atoms with Crippen LogP contribution in [0.3, 0.4) is 0 Å². The van der Waals surface area contributed by atoms with E-state index < -0.39 is 0 Å². The van der Waals surface area contributed by atoms with Crippen LogP contribution >= 0.6 is 11.6 Å². The number of aromatic hydroxyl groups is 1. The van der Waals surface area contributed by atoms with Crippen molar-refractivity contribution in [3.63, 3.8) is 0 Å². The summed E-state index contributed by atoms with van der Waals surface area (Å²) in [5.41, 5.74) is 6.14. The van der Waals surface area contributed by atoms with Gasteiger partial charge in [0.2, 0.25) is 0 Å². The van der Waals surface area contributed by atoms with Crippen molar-refractivity contribution in [3.8, 4) is 28.5 Å². The minimum absolute atomic E-state index is 0.0671. The fourth-order valence-electron chi connectivity index (χ4n) is 5.06. The molecule has 0 saturated carbocycles. The van der Waals surface area contributed by atoms with Crippen molar-refractivity contribution < 1.29 is 19.4 Å². The Balaban J connectivity index is 1.56. The molecule has 7 nitrogen and oxygen atoms in total. The highest BCUT2D eigenvalue weighted by molar-refractivity contribution is 6.31. The van der Waals surface area contributed by atoms with Crippen LogP contribution in [0.5, 0.6) is 17.2 Å². The van der Waals surface area contributed by atoms with Crippen molar-refractivity contribution in [1.29, 1.82) is 0 Å². The van der Waals surface area contributed by atoms with E-state index >= 15 is 0 Å². The van der Waals surface area contributed by atoms with E-state index in [0.717, 1.165) is 28.7 Å². The highest BCUT2D eigenvalue weighted by Crippen LogP contribution is 2.45. The molecule has 0 bridgehead atoms. The zero-order chi connectivity index (χ0) is 27.0. The quantitative estimate of drug-likeness (QED) is 0.286. The highest BCUT2D eigenvalue weighted by atomic mass is 35.5. The molecular weight excluding hydrogens is 502 g/mol. The summed E-state index contributed by atoms with van der Waals surface area (Å²) < 4.78 is 10.8. The van der Waals surface area contributed by atoms with Gasteiger partial charge in [-0.1, -0.05) is 48.9 Å². The maximum absolute atomic E-state index is 13.7. The van der Waals surface area contributed by atoms with Crippen molar-refractivity contribution >= 4 is 17.5 Å². The molecule has 1 aliphatic rings. The molecule has 4 aromatic rings. The predicted octanol–water partition coefficient (Wildman–Crippen LogP) is 6.11. The SMILES string of the molecule is CCc1ccc([C@H]2c3c(-c4cc(Cl)c(C)cc4O)n[nH]c3C(=O)N2CCc2ccc(OC)c(OC)c2)cc1. The van der Waals surface area contributed by atoms with E-state index in [1.807, 2.05) is 30.0 Å². The third-order valence-corrected chi connectivity index (χ3v) is 7.60. The van der Waals surface area contributed by atoms with E-state index in [0.29, 0.717) is 46.4 Å². The van der Waals surface area contributed by atoms with E-state index in [1.54, 1.807) is 26.4 Å². The Hall–Kier alpha value is -3.97. The van der Waals surface area contributed by atoms with Gasteiger partial charge in [-0.3, -0.25) is 9.89 Å². The number of carbonyl (C=O) groups excluding carboxylic acids is 1. The Morgan fingerprint density at radius 1 is 1.03 bits per heavy atom. The maximum atomic E-state index is 13.7. The topological polar surface area (TPSA) is 87.7 Å². The summed E-state index contributed by atoms with van der Waals surface area (Å²) in [5.74, 6) is 1.23. The number of phenolic OH excluding ortho intramolecular Hbond substituents is 1. The molecule has 0 fully saturated rings. The summed E-state index contributed by atoms with van der Waals surface area (Å²) in [6.45, 7) is 4.41. The lowest BCUT2D eigenvalue weighted by atomic mass is 9.94. The molecule has 0 saturated heterocycles. The van der Waals surface area contributed by atoms with Crippen molar-refractivity contribution in [2.24, 2.45) is 0 Å². The van der Waals surface area contributed by atoms with Gasteiger partial charge < -0.3 is 19.5 Å². The predicted molar refractivity (Wildman–Crippen MR) is 147 cm³/mol. The van der Waals surface area contributed by atoms with Gasteiger partial charge in [-0.05, 0) is 66.3 Å². The first-order valence-corrected chi connectivity index (χ1v) is 12.9. The van der Waals surface area contributed by atoms with Gasteiger partial charge in [0.25, 0.3) is 5.91 Å². The van der Waals surface area contributed by atoms with Crippen LogP contribution in [0.4, 0.5) is 0 Å². The molecule has 0 radical (unpaired) electrons. The summed E-state index contributed by atoms with van der Waals surface area (Å²) in [7, 11) is 3.21. The molecule has 0 spiro atoms. The Kier molecular flexibility index (Phi) is 7.04. The number of nitrogens with zero attached hydrogens (tertiary/aromatic N) is 2. The van der Waals surface area contributed by atoms with E-state index in [1.165, 1.54) is 5.56 Å². The van der Waals surface area contributed by atoms with Crippen LogP contribution in [0, 0.1) is 6.92 Å². The first-order valence-electron chi connectivity index (χ1n) is 12.5. The molecule has 1 aromatic heterocycles. The largest absolute Gasteiger partial charge is 0.507 e. The standard InChI is InChI=1S/C30H30ClN3O4/c1-5-18-6-9-20(10-7-18)29-26-27(21-16-22(31)17(2)14-23(21)35)32-33-28(26)30(36)34(29)13-12-19-8-11-24(37-3)25(15-19)38-4/h6-11,14-16,29,35H,5,12-13H2,1-4H3,(H,32,33)/t29-/m0/s1. The van der Waals surface area contributed by atoms with Crippen molar-refractivity contribution in [2.75, 3.05) is 20.8 Å². The molecule has 3 aromatic carbocycles. The molecule has 1 amide bonds. The molecule has 8 heteroatoms. The average molecular weight is 532 g/mol. The molecule has 1 atom stereocenters. The van der Waals surface area contributed by atoms with Gasteiger partial charge in [-0.15, -0.1) is 0 Å². The number of hydrogen-bond donors (Lipinski definition) is 2. The lowest BCUT2D eigenvalue weighted by Crippen LogP contribution is -2.31. The summed E-state index contributed by atoms with van der Waals surface area (Å²) >= 11 is 6.42. The molecule has 5 rings (SSSR count). The molecule has 2 N–H and O–H groups in total. The van der Waals surface area contributed by atoms with Gasteiger partial charge in [0.05, 0.1) is 20.3 Å². The number of aromatic nitrogens is 2. The molecule has 2 heterocycles. The average Bonchev–Trinajstić information content (AvgIpc) is 3.47. The summed E-state index contributed by atoms with van der Waals surface area (Å²) in [5, 5.41) is 18.7. The molecular formula is C30H30ClN3O4. The minimum atomic E-state index is -0.378. The number of ether oxygens (including phenoxy) is 2. The molecule has 0 unspecified atom stereocenters. The van der Waals surface area contributed by atoms with Gasteiger partial charge in [-0.25, -0.2) is 0 Å². The second kappa shape index (κ2) is 10.4. The summed E-state index contributed by atoms with van der Waals surface area (Å²) in [4.78, 5) is 15.6. The molecule has 38 heavy (non-hydrogen) atoms. The van der Waals surface area contributed by atoms with Crippen molar-refractivity contribution in [1.82, 2.24) is 15.1 Å². The van der Waals surface area contributed by atoms with E-state index in [-0.39, 0.29) is 17.7 Å². The molecule has 196 valence electrons. The normalized spacial score (nSPS) is 14.6. The number of benzene rings is 3. The first-order chi connectivity index (χ1) is 18.4. The van der Waals surface area contributed by atoms with Gasteiger partial charge in [0, 0.05) is 22.7 Å². The summed E-state index contributed by atoms with van der Waals surface area (Å²) in [6.07, 6.45) is 1.54. The van der Waals surface area contributed by atoms with Crippen molar-refractivity contribution in [3.05, 3.63) is 93.1 Å². The maximum Gasteiger partial charge on any atom is 0.273 e. The number of nitrogens with one attached hydrogen (secondary N) is 1. The molecule has 0 aliphatic carbocycles. The van der Waals surface area contributed by atoms with Crippen LogP contribution in [-0.2, 0) is 12.8 Å². The fraction of sp³-hybridized carbons (Fsp3) is 0.267. The van der Waals surface area contributed by atoms with Crippen LogP contribution in [0.2, 0.25) is 5.02 Å². The third kappa shape index (κ3) is 4.47. The Labute approximate surface area is 227 Å². The summed E-state index contributed by atoms with van der Waals surface area (Å²) in [6, 6.07) is 17.0. The zero-order valence-electron chi connectivity index (χ0n) is 21.8. The number of rotatable bonds is 8. The number of phenols is 1. The van der Waals surface area contributed by atoms with Crippen LogP contribution < -0.4 is 9.47 Å². The lowest BCUT2D eigenvalue weighted by Gasteiger charge is -2.27. The van der Waals surface area contributed by atoms with Crippen LogP contribution in [0.25, 0.3) is 11.3 Å². The number of aromatic amines is 1. The lowest BCUT2D eigenvalue weighted by molar-refractivity contribution is 0.0746. The highest BCUT2D eigenvalue weighted by Gasteiger charge is 2.42. The Morgan fingerprint density at radius 2 is 1.74 bits per heavy atom. The fourth-order valence-corrected chi connectivity index (χ4v) is 5.22. The number of aryl methyl sites for hydroxylation is 2. The van der Waals surface area contributed by atoms with Gasteiger partial charge in [0.15, 0.2) is 11.5 Å². The van der Waals surface area contributed by atoms with E-state index in [9.17, 15) is 9.90 Å². The van der Waals surface area contributed by atoms with E-state index in [4.69, 9.17) is 21.1 Å². The van der Waals surface area contributed by atoms with Crippen molar-refractivity contribution in [2.45, 2.75) is 32.7 Å². The van der Waals surface area contributed by atoms with Gasteiger partial charge in [-0.2, -0.15) is 5.10 Å². The number of H-pyrrole nitrogens is 1. The zero-order valence-corrected chi connectivity index (χ0v) is 22.6. The van der Waals surface area contributed by atoms with Crippen LogP contribution in [-0.4, -0.2) is 46.9 Å². The Bertz CT molecular complexity index is 1500. The minimum Gasteiger partial charge on any atom is -0.507 e. The van der Waals surface area contributed by atoms with Gasteiger partial charge >= 0.3 is 0 Å². The Morgan fingerprint density at radius 3 is 2.42 bits per heavy atom. The molecule has 1 aliphatic heterocycles. The van der Waals surface area contributed by atoms with Crippen LogP contribution in [0.15, 0.2) is 54.6 Å². The number of methoxy groups -OCH3 is 2. The van der Waals surface area contributed by atoms with Crippen LogP contribution in [0.1, 0.15) is 51.3 Å².